The van der Waals surface area contributed by atoms with E-state index in [1.165, 1.54) is 30.4 Å². The average Bonchev–Trinajstić information content (AvgIpc) is 3.27. The topological polar surface area (TPSA) is 57.0 Å². The molecule has 3 aromatic rings. The zero-order valence-corrected chi connectivity index (χ0v) is 22.8. The summed E-state index contributed by atoms with van der Waals surface area (Å²) in [6.07, 6.45) is 8.38. The maximum atomic E-state index is 13.9. The van der Waals surface area contributed by atoms with Gasteiger partial charge in [0.25, 0.3) is 0 Å². The number of nitrogens with zero attached hydrogens (tertiary/aromatic N) is 3. The van der Waals surface area contributed by atoms with E-state index in [9.17, 15) is 4.79 Å². The molecule has 1 atom stereocenters. The van der Waals surface area contributed by atoms with Gasteiger partial charge in [-0.15, -0.1) is 10.2 Å². The molecular formula is C31H37N3O2S. The van der Waals surface area contributed by atoms with Crippen LogP contribution in [-0.4, -0.2) is 25.8 Å². The van der Waals surface area contributed by atoms with Crippen molar-refractivity contribution < 1.29 is 9.53 Å². The molecule has 7 rings (SSSR count). The predicted molar refractivity (Wildman–Crippen MR) is 147 cm³/mol. The molecule has 0 N–H and O–H groups in total. The number of benzene rings is 2. The normalized spacial score (nSPS) is 26.8. The fraction of sp³-hybridized carbons (Fsp3) is 0.516. The molecule has 2 aromatic carbocycles. The number of rotatable bonds is 10. The van der Waals surface area contributed by atoms with Gasteiger partial charge in [0.2, 0.25) is 0 Å². The summed E-state index contributed by atoms with van der Waals surface area (Å²) in [4.78, 5) is 13.9. The molecule has 4 saturated carbocycles. The van der Waals surface area contributed by atoms with Crippen LogP contribution in [0, 0.1) is 23.2 Å². The Hall–Kier alpha value is -2.60. The standard InChI is InChI=1S/C31H37N3O2S/c1-3-22-9-11-27(12-10-22)36-20-28-32-33-30(34(28)19-23-7-5-4-6-8-23)37-21(2)29(35)31-16-24-13-25(17-31)15-26(14-24)18-31/h4-12,21,24-26H,3,13-20H2,1-2H3/t21-,24?,25?,26?,31?/m1/s1. The van der Waals surface area contributed by atoms with Crippen LogP contribution in [0.1, 0.15) is 69.3 Å². The molecule has 0 amide bonds. The quantitative estimate of drug-likeness (QED) is 0.280. The highest BCUT2D eigenvalue weighted by atomic mass is 32.2. The van der Waals surface area contributed by atoms with Crippen molar-refractivity contribution in [1.29, 1.82) is 0 Å². The van der Waals surface area contributed by atoms with E-state index in [1.54, 1.807) is 11.8 Å². The highest BCUT2D eigenvalue weighted by molar-refractivity contribution is 8.00. The molecule has 0 saturated heterocycles. The molecule has 0 radical (unpaired) electrons. The molecule has 1 aromatic heterocycles. The van der Waals surface area contributed by atoms with Crippen LogP contribution in [0.25, 0.3) is 0 Å². The number of thioether (sulfide) groups is 1. The number of hydrogen-bond donors (Lipinski definition) is 0. The first-order valence-electron chi connectivity index (χ1n) is 13.9. The number of carbonyl (C=O) groups is 1. The number of hydrogen-bond acceptors (Lipinski definition) is 5. The van der Waals surface area contributed by atoms with Crippen molar-refractivity contribution in [3.05, 3.63) is 71.5 Å². The van der Waals surface area contributed by atoms with Crippen molar-refractivity contribution in [2.45, 2.75) is 82.4 Å². The van der Waals surface area contributed by atoms with Gasteiger partial charge < -0.3 is 4.74 Å². The van der Waals surface area contributed by atoms with Gasteiger partial charge in [-0.1, -0.05) is 61.2 Å². The Balaban J connectivity index is 1.21. The Labute approximate surface area is 224 Å². The lowest BCUT2D eigenvalue weighted by atomic mass is 9.48. The van der Waals surface area contributed by atoms with Gasteiger partial charge >= 0.3 is 0 Å². The minimum Gasteiger partial charge on any atom is -0.486 e. The first kappa shape index (κ1) is 24.7. The fourth-order valence-electron chi connectivity index (χ4n) is 7.46. The molecular weight excluding hydrogens is 478 g/mol. The molecule has 4 fully saturated rings. The highest BCUT2D eigenvalue weighted by Crippen LogP contribution is 2.61. The third-order valence-corrected chi connectivity index (χ3v) is 9.97. The van der Waals surface area contributed by atoms with Gasteiger partial charge in [0.05, 0.1) is 11.8 Å². The molecule has 1 heterocycles. The zero-order chi connectivity index (χ0) is 25.4. The van der Waals surface area contributed by atoms with Gasteiger partial charge in [0.15, 0.2) is 16.8 Å². The van der Waals surface area contributed by atoms with E-state index < -0.39 is 0 Å². The number of ketones is 1. The Bertz CT molecular complexity index is 1200. The van der Waals surface area contributed by atoms with E-state index in [0.717, 1.165) is 60.2 Å². The Morgan fingerprint density at radius 1 is 0.973 bits per heavy atom. The predicted octanol–water partition coefficient (Wildman–Crippen LogP) is 6.73. The second-order valence-electron chi connectivity index (χ2n) is 11.6. The minimum absolute atomic E-state index is 0.0952. The van der Waals surface area contributed by atoms with E-state index in [2.05, 4.69) is 65.0 Å². The smallest absolute Gasteiger partial charge is 0.192 e. The number of carbonyl (C=O) groups excluding carboxylic acids is 1. The lowest BCUT2D eigenvalue weighted by molar-refractivity contribution is -0.143. The maximum absolute atomic E-state index is 13.9. The van der Waals surface area contributed by atoms with E-state index in [4.69, 9.17) is 4.74 Å². The first-order chi connectivity index (χ1) is 18.0. The lowest BCUT2D eigenvalue weighted by Crippen LogP contribution is -2.51. The molecule has 0 spiro atoms. The highest BCUT2D eigenvalue weighted by Gasteiger charge is 2.55. The fourth-order valence-corrected chi connectivity index (χ4v) is 8.52. The van der Waals surface area contributed by atoms with Crippen LogP contribution in [0.15, 0.2) is 59.8 Å². The number of Topliss-reactive ketones (excluding diaryl/α,β-unsaturated/α-hetero) is 1. The SMILES string of the molecule is CCc1ccc(OCc2nnc(S[C@H](C)C(=O)C34CC5CC(CC(C5)C3)C4)n2Cc2ccccc2)cc1. The van der Waals surface area contributed by atoms with E-state index in [-0.39, 0.29) is 10.7 Å². The number of ether oxygens (including phenoxy) is 1. The van der Waals surface area contributed by atoms with Crippen molar-refractivity contribution in [1.82, 2.24) is 14.8 Å². The Kier molecular flexibility index (Phi) is 6.87. The van der Waals surface area contributed by atoms with Gasteiger partial charge in [0.1, 0.15) is 12.4 Å². The van der Waals surface area contributed by atoms with Crippen LogP contribution in [0.4, 0.5) is 0 Å². The van der Waals surface area contributed by atoms with Crippen molar-refractivity contribution in [3.63, 3.8) is 0 Å². The van der Waals surface area contributed by atoms with Crippen LogP contribution >= 0.6 is 11.8 Å². The molecule has 194 valence electrons. The second-order valence-corrected chi connectivity index (χ2v) is 12.9. The molecule has 4 aliphatic rings. The van der Waals surface area contributed by atoms with Gasteiger partial charge in [-0.3, -0.25) is 9.36 Å². The van der Waals surface area contributed by atoms with Crippen molar-refractivity contribution in [2.24, 2.45) is 23.2 Å². The molecule has 6 heteroatoms. The monoisotopic (exact) mass is 515 g/mol. The molecule has 4 bridgehead atoms. The van der Waals surface area contributed by atoms with Gasteiger partial charge in [-0.05, 0) is 92.9 Å². The third-order valence-electron chi connectivity index (χ3n) is 8.89. The van der Waals surface area contributed by atoms with Gasteiger partial charge in [-0.25, -0.2) is 0 Å². The summed E-state index contributed by atoms with van der Waals surface area (Å²) in [5, 5.41) is 9.75. The average molecular weight is 516 g/mol. The van der Waals surface area contributed by atoms with Crippen LogP contribution in [-0.2, 0) is 24.4 Å². The third kappa shape index (κ3) is 5.09. The summed E-state index contributed by atoms with van der Waals surface area (Å²) in [6.45, 7) is 5.22. The maximum Gasteiger partial charge on any atom is 0.192 e. The molecule has 0 aliphatic heterocycles. The van der Waals surface area contributed by atoms with Gasteiger partial charge in [0, 0.05) is 5.41 Å². The Morgan fingerprint density at radius 3 is 2.24 bits per heavy atom. The minimum atomic E-state index is -0.134. The summed E-state index contributed by atoms with van der Waals surface area (Å²) >= 11 is 1.58. The van der Waals surface area contributed by atoms with Crippen molar-refractivity contribution in [3.8, 4) is 5.75 Å². The van der Waals surface area contributed by atoms with Crippen LogP contribution in [0.2, 0.25) is 0 Å². The zero-order valence-electron chi connectivity index (χ0n) is 21.9. The van der Waals surface area contributed by atoms with Crippen molar-refractivity contribution >= 4 is 17.5 Å². The lowest BCUT2D eigenvalue weighted by Gasteiger charge is -2.56. The summed E-state index contributed by atoms with van der Waals surface area (Å²) in [5.74, 6) is 4.35. The number of aromatic nitrogens is 3. The van der Waals surface area contributed by atoms with Crippen LogP contribution in [0.3, 0.4) is 0 Å². The first-order valence-corrected chi connectivity index (χ1v) is 14.8. The summed E-state index contributed by atoms with van der Waals surface area (Å²) in [5.41, 5.74) is 2.37. The van der Waals surface area contributed by atoms with E-state index >= 15 is 0 Å². The molecule has 37 heavy (non-hydrogen) atoms. The van der Waals surface area contributed by atoms with Gasteiger partial charge in [-0.2, -0.15) is 0 Å². The molecule has 4 aliphatic carbocycles. The Morgan fingerprint density at radius 2 is 1.62 bits per heavy atom. The van der Waals surface area contributed by atoms with Crippen LogP contribution < -0.4 is 4.74 Å². The second kappa shape index (κ2) is 10.3. The molecule has 0 unspecified atom stereocenters. The number of aryl methyl sites for hydroxylation is 1. The van der Waals surface area contributed by atoms with Crippen LogP contribution in [0.5, 0.6) is 5.75 Å². The summed E-state index contributed by atoms with van der Waals surface area (Å²) < 4.78 is 8.23. The summed E-state index contributed by atoms with van der Waals surface area (Å²) in [7, 11) is 0. The largest absolute Gasteiger partial charge is 0.486 e. The summed E-state index contributed by atoms with van der Waals surface area (Å²) in [6, 6.07) is 18.6. The molecule has 5 nitrogen and oxygen atoms in total. The van der Waals surface area contributed by atoms with E-state index in [0.29, 0.717) is 18.9 Å². The van der Waals surface area contributed by atoms with E-state index in [1.807, 2.05) is 18.2 Å². The van der Waals surface area contributed by atoms with Crippen molar-refractivity contribution in [2.75, 3.05) is 0 Å².